The molecule has 174 valence electrons. The number of rotatable bonds is 6. The third-order valence-corrected chi connectivity index (χ3v) is 7.81. The lowest BCUT2D eigenvalue weighted by Gasteiger charge is -2.38. The number of fused-ring (bicyclic) bond motifs is 1. The summed E-state index contributed by atoms with van der Waals surface area (Å²) < 4.78 is 37.3. The Morgan fingerprint density at radius 2 is 2.03 bits per heavy atom. The number of halogens is 2. The Morgan fingerprint density at radius 1 is 1.24 bits per heavy atom. The Hall–Kier alpha value is -2.65. The predicted octanol–water partition coefficient (Wildman–Crippen LogP) is 4.76. The summed E-state index contributed by atoms with van der Waals surface area (Å²) in [4.78, 5) is 13.0. The van der Waals surface area contributed by atoms with Crippen molar-refractivity contribution in [3.05, 3.63) is 53.7 Å². The first-order chi connectivity index (χ1) is 15.9. The van der Waals surface area contributed by atoms with E-state index in [-0.39, 0.29) is 23.1 Å². The fraction of sp³-hybridized carbons (Fsp3) is 0.417. The molecule has 2 aromatic carbocycles. The van der Waals surface area contributed by atoms with Gasteiger partial charge in [-0.25, -0.2) is 4.68 Å². The van der Waals surface area contributed by atoms with Crippen LogP contribution in [-0.2, 0) is 4.74 Å². The molecule has 0 spiro atoms. The van der Waals surface area contributed by atoms with Gasteiger partial charge < -0.3 is 14.8 Å². The predicted molar refractivity (Wildman–Crippen MR) is 124 cm³/mol. The molecule has 2 aliphatic heterocycles. The molecule has 0 radical (unpaired) electrons. The summed E-state index contributed by atoms with van der Waals surface area (Å²) in [7, 11) is 0. The molecule has 33 heavy (non-hydrogen) atoms. The number of amides is 1. The lowest BCUT2D eigenvalue weighted by Crippen LogP contribution is -2.55. The molecule has 5 rings (SSSR count). The Bertz CT molecular complexity index is 1170. The van der Waals surface area contributed by atoms with Crippen LogP contribution in [0.25, 0.3) is 16.6 Å². The smallest absolute Gasteiger partial charge is 0.387 e. The van der Waals surface area contributed by atoms with E-state index in [1.165, 1.54) is 6.07 Å². The molecule has 2 fully saturated rings. The number of ether oxygens (including phenoxy) is 2. The van der Waals surface area contributed by atoms with E-state index in [2.05, 4.69) is 17.0 Å². The summed E-state index contributed by atoms with van der Waals surface area (Å²) in [6.07, 6.45) is 1.68. The molecular weight excluding hydrogens is 448 g/mol. The molecule has 9 heteroatoms. The Kier molecular flexibility index (Phi) is 6.01. The molecule has 2 saturated heterocycles. The fourth-order valence-electron chi connectivity index (χ4n) is 4.37. The van der Waals surface area contributed by atoms with Gasteiger partial charge in [0.2, 0.25) is 0 Å². The molecule has 2 aliphatic rings. The highest BCUT2D eigenvalue weighted by atomic mass is 32.2. The number of carbonyl (C=O) groups is 1. The minimum atomic E-state index is -2.90. The number of alkyl halides is 2. The van der Waals surface area contributed by atoms with Crippen LogP contribution in [0.15, 0.2) is 42.5 Å². The van der Waals surface area contributed by atoms with Gasteiger partial charge in [0.15, 0.2) is 0 Å². The first kappa shape index (κ1) is 22.2. The van der Waals surface area contributed by atoms with Crippen LogP contribution in [0.3, 0.4) is 0 Å². The van der Waals surface area contributed by atoms with Crippen molar-refractivity contribution < 1.29 is 23.0 Å². The van der Waals surface area contributed by atoms with Crippen LogP contribution < -0.4 is 10.1 Å². The van der Waals surface area contributed by atoms with Crippen molar-refractivity contribution in [1.82, 2.24) is 15.1 Å². The first-order valence-electron chi connectivity index (χ1n) is 11.0. The summed E-state index contributed by atoms with van der Waals surface area (Å²) in [5, 5.41) is 8.92. The second kappa shape index (κ2) is 8.95. The number of thioether (sulfide) groups is 1. The van der Waals surface area contributed by atoms with Gasteiger partial charge in [0.1, 0.15) is 5.75 Å². The molecule has 0 atom stereocenters. The molecule has 0 aliphatic carbocycles. The van der Waals surface area contributed by atoms with Gasteiger partial charge in [-0.05, 0) is 50.1 Å². The van der Waals surface area contributed by atoms with Crippen LogP contribution in [0.1, 0.15) is 41.7 Å². The van der Waals surface area contributed by atoms with Gasteiger partial charge in [-0.3, -0.25) is 4.79 Å². The molecule has 1 N–H and O–H groups in total. The lowest BCUT2D eigenvalue weighted by molar-refractivity contribution is -0.0498. The van der Waals surface area contributed by atoms with Gasteiger partial charge >= 0.3 is 6.61 Å². The number of hydrogen-bond acceptors (Lipinski definition) is 5. The topological polar surface area (TPSA) is 65.4 Å². The lowest BCUT2D eigenvalue weighted by atomic mass is 9.93. The maximum atomic E-state index is 13.0. The minimum Gasteiger partial charge on any atom is -0.435 e. The number of aromatic nitrogens is 2. The van der Waals surface area contributed by atoms with Gasteiger partial charge in [-0.2, -0.15) is 25.6 Å². The number of nitrogens with one attached hydrogen (secondary N) is 1. The average Bonchev–Trinajstić information content (AvgIpc) is 3.17. The Morgan fingerprint density at radius 3 is 2.73 bits per heavy atom. The summed E-state index contributed by atoms with van der Waals surface area (Å²) in [5.41, 5.74) is 2.74. The quantitative estimate of drug-likeness (QED) is 0.560. The highest BCUT2D eigenvalue weighted by Gasteiger charge is 2.34. The molecular formula is C24H25F2N3O3S. The maximum absolute atomic E-state index is 13.0. The summed E-state index contributed by atoms with van der Waals surface area (Å²) in [6, 6.07) is 12.1. The standard InChI is InChI=1S/C24H25F2N3O3S/c1-24(13-33-14-24)27-22(30)16-5-6-20-19(11-16)21(15-7-9-31-10-8-15)28-29(20)17-3-2-4-18(12-17)32-23(25)26/h2-6,11-12,15,23H,7-10,13-14H2,1H3,(H,27,30). The van der Waals surface area contributed by atoms with Crippen LogP contribution in [0.2, 0.25) is 0 Å². The third kappa shape index (κ3) is 4.56. The number of hydrogen-bond donors (Lipinski definition) is 1. The van der Waals surface area contributed by atoms with E-state index in [9.17, 15) is 13.6 Å². The zero-order chi connectivity index (χ0) is 23.0. The zero-order valence-electron chi connectivity index (χ0n) is 18.2. The number of carbonyl (C=O) groups excluding carboxylic acids is 1. The van der Waals surface area contributed by atoms with Gasteiger partial charge in [0.05, 0.1) is 22.4 Å². The van der Waals surface area contributed by atoms with Gasteiger partial charge in [0, 0.05) is 47.7 Å². The normalized spacial score (nSPS) is 18.3. The van der Waals surface area contributed by atoms with E-state index in [1.807, 2.05) is 23.9 Å². The van der Waals surface area contributed by atoms with Crippen LogP contribution in [0, 0.1) is 0 Å². The number of benzene rings is 2. The summed E-state index contributed by atoms with van der Waals surface area (Å²) >= 11 is 1.81. The molecule has 3 aromatic rings. The second-order valence-electron chi connectivity index (χ2n) is 8.80. The monoisotopic (exact) mass is 473 g/mol. The second-order valence-corrected chi connectivity index (χ2v) is 9.78. The van der Waals surface area contributed by atoms with Crippen LogP contribution in [0.5, 0.6) is 5.75 Å². The molecule has 1 amide bonds. The first-order valence-corrected chi connectivity index (χ1v) is 12.1. The van der Waals surface area contributed by atoms with Crippen molar-refractivity contribution in [2.75, 3.05) is 24.7 Å². The van der Waals surface area contributed by atoms with E-state index in [1.54, 1.807) is 28.9 Å². The molecule has 0 saturated carbocycles. The largest absolute Gasteiger partial charge is 0.435 e. The minimum absolute atomic E-state index is 0.0707. The highest BCUT2D eigenvalue weighted by molar-refractivity contribution is 8.00. The molecule has 0 bridgehead atoms. The van der Waals surface area contributed by atoms with E-state index in [4.69, 9.17) is 9.84 Å². The van der Waals surface area contributed by atoms with Crippen molar-refractivity contribution in [2.24, 2.45) is 0 Å². The van der Waals surface area contributed by atoms with Crippen LogP contribution in [-0.4, -0.2) is 52.6 Å². The van der Waals surface area contributed by atoms with Crippen molar-refractivity contribution in [2.45, 2.75) is 37.8 Å². The fourth-order valence-corrected chi connectivity index (χ4v) is 5.33. The third-order valence-electron chi connectivity index (χ3n) is 6.12. The Labute approximate surface area is 194 Å². The number of nitrogens with zero attached hydrogens (tertiary/aromatic N) is 2. The zero-order valence-corrected chi connectivity index (χ0v) is 19.0. The maximum Gasteiger partial charge on any atom is 0.387 e. The molecule has 0 unspecified atom stereocenters. The highest BCUT2D eigenvalue weighted by Crippen LogP contribution is 2.35. The van der Waals surface area contributed by atoms with Crippen LogP contribution >= 0.6 is 11.8 Å². The summed E-state index contributed by atoms with van der Waals surface area (Å²) in [6.45, 7) is 0.476. The van der Waals surface area contributed by atoms with E-state index < -0.39 is 6.61 Å². The SMILES string of the molecule is CC1(NC(=O)c2ccc3c(c2)c(C2CCOCC2)nn3-c2cccc(OC(F)F)c2)CSC1. The van der Waals surface area contributed by atoms with E-state index in [0.717, 1.165) is 40.9 Å². The van der Waals surface area contributed by atoms with Gasteiger partial charge in [-0.15, -0.1) is 0 Å². The molecule has 6 nitrogen and oxygen atoms in total. The summed E-state index contributed by atoms with van der Waals surface area (Å²) in [5.74, 6) is 1.98. The molecule has 1 aromatic heterocycles. The van der Waals surface area contributed by atoms with Crippen molar-refractivity contribution in [3.63, 3.8) is 0 Å². The van der Waals surface area contributed by atoms with Crippen molar-refractivity contribution in [1.29, 1.82) is 0 Å². The Balaban J connectivity index is 1.56. The van der Waals surface area contributed by atoms with E-state index >= 15 is 0 Å². The average molecular weight is 474 g/mol. The van der Waals surface area contributed by atoms with E-state index in [0.29, 0.717) is 24.5 Å². The molecule has 3 heterocycles. The van der Waals surface area contributed by atoms with Gasteiger partial charge in [0.25, 0.3) is 5.91 Å². The van der Waals surface area contributed by atoms with Crippen LogP contribution in [0.4, 0.5) is 8.78 Å². The van der Waals surface area contributed by atoms with Gasteiger partial charge in [-0.1, -0.05) is 6.07 Å². The van der Waals surface area contributed by atoms with Crippen molar-refractivity contribution >= 4 is 28.6 Å². The van der Waals surface area contributed by atoms with Crippen molar-refractivity contribution in [3.8, 4) is 11.4 Å².